The first-order valence-corrected chi connectivity index (χ1v) is 6.94. The van der Waals surface area contributed by atoms with Gasteiger partial charge in [-0.25, -0.2) is 0 Å². The van der Waals surface area contributed by atoms with E-state index in [2.05, 4.69) is 10.2 Å². The largest absolute Gasteiger partial charge is 0.468 e. The Kier molecular flexibility index (Phi) is 4.42. The third-order valence-electron chi connectivity index (χ3n) is 3.90. The number of nitrogens with one attached hydrogen (secondary N) is 1. The second-order valence-corrected chi connectivity index (χ2v) is 5.26. The van der Waals surface area contributed by atoms with Gasteiger partial charge in [0.05, 0.1) is 18.4 Å². The Labute approximate surface area is 118 Å². The topological polar surface area (TPSA) is 75.3 Å². The molecule has 6 nitrogen and oxygen atoms in total. The zero-order chi connectivity index (χ0) is 14.7. The number of hydrogen-bond donors (Lipinski definition) is 1. The number of aromatic nitrogens is 2. The highest BCUT2D eigenvalue weighted by molar-refractivity contribution is 5.98. The maximum Gasteiger partial charge on any atom is 0.325 e. The fourth-order valence-electron chi connectivity index (χ4n) is 2.80. The predicted molar refractivity (Wildman–Crippen MR) is 73.4 cm³/mol. The number of aryl methyl sites for hydroxylation is 2. The molecule has 0 saturated heterocycles. The SMILES string of the molecule is COC(=O)CN(C(=O)c1c(C)n[nH]c1C)C1CCCC1. The molecule has 6 heteroatoms. The van der Waals surface area contributed by atoms with Crippen molar-refractivity contribution in [2.45, 2.75) is 45.6 Å². The van der Waals surface area contributed by atoms with Crippen LogP contribution in [-0.4, -0.2) is 46.7 Å². The second-order valence-electron chi connectivity index (χ2n) is 5.26. The Morgan fingerprint density at radius 3 is 2.50 bits per heavy atom. The van der Waals surface area contributed by atoms with Crippen molar-refractivity contribution >= 4 is 11.9 Å². The van der Waals surface area contributed by atoms with Crippen LogP contribution in [0, 0.1) is 13.8 Å². The number of carbonyl (C=O) groups excluding carboxylic acids is 2. The van der Waals surface area contributed by atoms with Crippen molar-refractivity contribution in [3.8, 4) is 0 Å². The Morgan fingerprint density at radius 2 is 2.00 bits per heavy atom. The van der Waals surface area contributed by atoms with Crippen LogP contribution in [-0.2, 0) is 9.53 Å². The Hall–Kier alpha value is -1.85. The number of hydrogen-bond acceptors (Lipinski definition) is 4. The molecule has 110 valence electrons. The van der Waals surface area contributed by atoms with Gasteiger partial charge in [-0.05, 0) is 26.7 Å². The van der Waals surface area contributed by atoms with E-state index in [1.165, 1.54) is 7.11 Å². The molecule has 1 aliphatic rings. The summed E-state index contributed by atoms with van der Waals surface area (Å²) in [4.78, 5) is 26.0. The molecule has 1 aromatic rings. The molecular formula is C14H21N3O3. The molecule has 1 fully saturated rings. The number of ether oxygens (including phenoxy) is 1. The average Bonchev–Trinajstić information content (AvgIpc) is 3.05. The minimum Gasteiger partial charge on any atom is -0.468 e. The van der Waals surface area contributed by atoms with Crippen LogP contribution in [0.1, 0.15) is 47.4 Å². The van der Waals surface area contributed by atoms with Gasteiger partial charge in [-0.1, -0.05) is 12.8 Å². The lowest BCUT2D eigenvalue weighted by molar-refractivity contribution is -0.141. The van der Waals surface area contributed by atoms with Gasteiger partial charge in [-0.3, -0.25) is 14.7 Å². The maximum atomic E-state index is 12.7. The smallest absolute Gasteiger partial charge is 0.325 e. The van der Waals surface area contributed by atoms with Crippen LogP contribution in [0.15, 0.2) is 0 Å². The number of esters is 1. The van der Waals surface area contributed by atoms with E-state index in [-0.39, 0.29) is 24.5 Å². The van der Waals surface area contributed by atoms with Gasteiger partial charge in [-0.15, -0.1) is 0 Å². The van der Waals surface area contributed by atoms with E-state index in [4.69, 9.17) is 4.74 Å². The highest BCUT2D eigenvalue weighted by Gasteiger charge is 2.31. The van der Waals surface area contributed by atoms with Crippen molar-refractivity contribution in [2.75, 3.05) is 13.7 Å². The van der Waals surface area contributed by atoms with Crippen molar-refractivity contribution in [3.63, 3.8) is 0 Å². The molecule has 0 unspecified atom stereocenters. The van der Waals surface area contributed by atoms with Gasteiger partial charge in [0, 0.05) is 11.7 Å². The number of nitrogens with zero attached hydrogens (tertiary/aromatic N) is 2. The van der Waals surface area contributed by atoms with Crippen molar-refractivity contribution in [2.24, 2.45) is 0 Å². The minimum atomic E-state index is -0.385. The fourth-order valence-corrected chi connectivity index (χ4v) is 2.80. The molecule has 0 radical (unpaired) electrons. The minimum absolute atomic E-state index is 0.00403. The molecule has 0 aromatic carbocycles. The monoisotopic (exact) mass is 279 g/mol. The number of aromatic amines is 1. The summed E-state index contributed by atoms with van der Waals surface area (Å²) in [5, 5.41) is 6.87. The molecule has 1 aromatic heterocycles. The lowest BCUT2D eigenvalue weighted by Crippen LogP contribution is -2.43. The van der Waals surface area contributed by atoms with E-state index in [0.717, 1.165) is 31.4 Å². The molecule has 1 heterocycles. The zero-order valence-electron chi connectivity index (χ0n) is 12.2. The van der Waals surface area contributed by atoms with Crippen LogP contribution in [0.3, 0.4) is 0 Å². The third-order valence-corrected chi connectivity index (χ3v) is 3.90. The number of amides is 1. The summed E-state index contributed by atoms with van der Waals surface area (Å²) in [5.41, 5.74) is 1.97. The van der Waals surface area contributed by atoms with Gasteiger partial charge in [0.1, 0.15) is 6.54 Å². The normalized spacial score (nSPS) is 15.3. The molecule has 1 saturated carbocycles. The van der Waals surface area contributed by atoms with Crippen LogP contribution < -0.4 is 0 Å². The number of methoxy groups -OCH3 is 1. The second kappa shape index (κ2) is 6.07. The summed E-state index contributed by atoms with van der Waals surface area (Å²) in [6.45, 7) is 3.62. The number of rotatable bonds is 4. The van der Waals surface area contributed by atoms with Gasteiger partial charge in [-0.2, -0.15) is 5.10 Å². The molecule has 0 aliphatic heterocycles. The third kappa shape index (κ3) is 2.84. The highest BCUT2D eigenvalue weighted by atomic mass is 16.5. The number of carbonyl (C=O) groups is 2. The highest BCUT2D eigenvalue weighted by Crippen LogP contribution is 2.26. The van der Waals surface area contributed by atoms with E-state index in [9.17, 15) is 9.59 Å². The van der Waals surface area contributed by atoms with E-state index in [1.807, 2.05) is 6.92 Å². The van der Waals surface area contributed by atoms with Gasteiger partial charge in [0.2, 0.25) is 0 Å². The van der Waals surface area contributed by atoms with Gasteiger partial charge in [0.25, 0.3) is 5.91 Å². The quantitative estimate of drug-likeness (QED) is 0.849. The average molecular weight is 279 g/mol. The fraction of sp³-hybridized carbons (Fsp3) is 0.643. The van der Waals surface area contributed by atoms with Crippen molar-refractivity contribution in [1.82, 2.24) is 15.1 Å². The van der Waals surface area contributed by atoms with E-state index >= 15 is 0 Å². The molecule has 1 amide bonds. The Balaban J connectivity index is 2.25. The molecular weight excluding hydrogens is 258 g/mol. The summed E-state index contributed by atoms with van der Waals surface area (Å²) in [5.74, 6) is -0.518. The Morgan fingerprint density at radius 1 is 1.35 bits per heavy atom. The van der Waals surface area contributed by atoms with Crippen molar-refractivity contribution in [3.05, 3.63) is 17.0 Å². The molecule has 0 bridgehead atoms. The molecule has 1 aliphatic carbocycles. The van der Waals surface area contributed by atoms with Gasteiger partial charge in [0.15, 0.2) is 0 Å². The first-order valence-electron chi connectivity index (χ1n) is 6.94. The predicted octanol–water partition coefficient (Wildman–Crippen LogP) is 1.58. The van der Waals surface area contributed by atoms with E-state index < -0.39 is 0 Å². The Bertz CT molecular complexity index is 484. The molecule has 0 spiro atoms. The maximum absolute atomic E-state index is 12.7. The van der Waals surface area contributed by atoms with Crippen LogP contribution in [0.2, 0.25) is 0 Å². The summed E-state index contributed by atoms with van der Waals surface area (Å²) in [6, 6.07) is 0.121. The molecule has 0 atom stereocenters. The van der Waals surface area contributed by atoms with Crippen LogP contribution >= 0.6 is 0 Å². The van der Waals surface area contributed by atoms with Crippen LogP contribution in [0.5, 0.6) is 0 Å². The molecule has 20 heavy (non-hydrogen) atoms. The van der Waals surface area contributed by atoms with Gasteiger partial charge < -0.3 is 9.64 Å². The lowest BCUT2D eigenvalue weighted by Gasteiger charge is -2.28. The van der Waals surface area contributed by atoms with Crippen LogP contribution in [0.25, 0.3) is 0 Å². The van der Waals surface area contributed by atoms with Crippen LogP contribution in [0.4, 0.5) is 0 Å². The molecule has 2 rings (SSSR count). The first-order chi connectivity index (χ1) is 9.54. The number of H-pyrrole nitrogens is 1. The van der Waals surface area contributed by atoms with Gasteiger partial charge >= 0.3 is 5.97 Å². The van der Waals surface area contributed by atoms with Crippen molar-refractivity contribution < 1.29 is 14.3 Å². The zero-order valence-corrected chi connectivity index (χ0v) is 12.2. The summed E-state index contributed by atoms with van der Waals surface area (Å²) < 4.78 is 4.71. The van der Waals surface area contributed by atoms with Crippen molar-refractivity contribution in [1.29, 1.82) is 0 Å². The van der Waals surface area contributed by atoms with E-state index in [1.54, 1.807) is 11.8 Å². The standard InChI is InChI=1S/C14H21N3O3/c1-9-13(10(2)16-15-9)14(19)17(8-12(18)20-3)11-6-4-5-7-11/h11H,4-8H2,1-3H3,(H,15,16). The van der Waals surface area contributed by atoms with E-state index in [0.29, 0.717) is 11.3 Å². The summed E-state index contributed by atoms with van der Waals surface area (Å²) in [6.07, 6.45) is 4.08. The first kappa shape index (κ1) is 14.6. The summed E-state index contributed by atoms with van der Waals surface area (Å²) >= 11 is 0. The lowest BCUT2D eigenvalue weighted by atomic mass is 10.1. The molecule has 1 N–H and O–H groups in total. The summed E-state index contributed by atoms with van der Waals surface area (Å²) in [7, 11) is 1.34.